The van der Waals surface area contributed by atoms with E-state index in [-0.39, 0.29) is 52.7 Å². The quantitative estimate of drug-likeness (QED) is 0.467. The molecule has 0 saturated heterocycles. The molecule has 5 nitrogen and oxygen atoms in total. The summed E-state index contributed by atoms with van der Waals surface area (Å²) in [7, 11) is 0. The van der Waals surface area contributed by atoms with Crippen molar-refractivity contribution in [1.29, 1.82) is 5.26 Å². The van der Waals surface area contributed by atoms with E-state index in [1.165, 1.54) is 6.92 Å². The van der Waals surface area contributed by atoms with Crippen molar-refractivity contribution in [2.45, 2.75) is 84.3 Å². The predicted octanol–water partition coefficient (Wildman–Crippen LogP) is 4.86. The summed E-state index contributed by atoms with van der Waals surface area (Å²) in [5, 5.41) is 9.80. The molecule has 166 valence electrons. The minimum atomic E-state index is -0.353. The molecule has 4 aliphatic rings. The minimum Gasteiger partial charge on any atom is -0.463 e. The van der Waals surface area contributed by atoms with Gasteiger partial charge >= 0.3 is 11.9 Å². The van der Waals surface area contributed by atoms with Gasteiger partial charge in [-0.05, 0) is 80.0 Å². The molecule has 0 heterocycles. The van der Waals surface area contributed by atoms with Crippen LogP contribution in [0.25, 0.3) is 0 Å². The number of hydrogen-bond donors (Lipinski definition) is 0. The van der Waals surface area contributed by atoms with Crippen LogP contribution in [0.3, 0.4) is 0 Å². The van der Waals surface area contributed by atoms with Gasteiger partial charge in [-0.25, -0.2) is 0 Å². The number of carbonyl (C=O) groups is 2. The smallest absolute Gasteiger partial charge is 0.321 e. The van der Waals surface area contributed by atoms with Gasteiger partial charge in [-0.1, -0.05) is 13.8 Å². The Morgan fingerprint density at radius 2 is 1.87 bits per heavy atom. The Kier molecular flexibility index (Phi) is 5.85. The van der Waals surface area contributed by atoms with E-state index < -0.39 is 0 Å². The molecule has 6 heteroatoms. The van der Waals surface area contributed by atoms with Crippen LogP contribution in [0.15, 0.2) is 0 Å². The maximum absolute atomic E-state index is 12.3. The van der Waals surface area contributed by atoms with Crippen LogP contribution in [0.1, 0.15) is 72.1 Å². The summed E-state index contributed by atoms with van der Waals surface area (Å²) in [4.78, 5) is 23.8. The third-order valence-corrected chi connectivity index (χ3v) is 9.62. The van der Waals surface area contributed by atoms with Crippen molar-refractivity contribution in [1.82, 2.24) is 0 Å². The number of carbonyl (C=O) groups excluding carboxylic acids is 2. The van der Waals surface area contributed by atoms with Crippen molar-refractivity contribution in [3.63, 3.8) is 0 Å². The van der Waals surface area contributed by atoms with E-state index in [0.29, 0.717) is 17.8 Å². The summed E-state index contributed by atoms with van der Waals surface area (Å²) < 4.78 is 11.6. The van der Waals surface area contributed by atoms with Crippen LogP contribution in [0.2, 0.25) is 0 Å². The van der Waals surface area contributed by atoms with Crippen molar-refractivity contribution >= 4 is 23.5 Å². The average Bonchev–Trinajstić information content (AvgIpc) is 3.03. The Balaban J connectivity index is 1.65. The predicted molar refractivity (Wildman–Crippen MR) is 112 cm³/mol. The molecular formula is C24H34ClNO4. The Labute approximate surface area is 184 Å². The summed E-state index contributed by atoms with van der Waals surface area (Å²) in [6.07, 6.45) is 7.60. The number of fused-ring (bicyclic) bond motifs is 5. The molecule has 0 unspecified atom stereocenters. The summed E-state index contributed by atoms with van der Waals surface area (Å²) in [5.74, 6) is 1.09. The number of hydrogen-bond acceptors (Lipinski definition) is 5. The Morgan fingerprint density at radius 3 is 2.53 bits per heavy atom. The summed E-state index contributed by atoms with van der Waals surface area (Å²) in [6.45, 7) is 6.11. The molecule has 0 spiro atoms. The topological polar surface area (TPSA) is 76.4 Å². The lowest BCUT2D eigenvalue weighted by Gasteiger charge is -2.62. The highest BCUT2D eigenvalue weighted by atomic mass is 35.5. The van der Waals surface area contributed by atoms with Crippen LogP contribution >= 0.6 is 11.6 Å². The fourth-order valence-electron chi connectivity index (χ4n) is 8.17. The van der Waals surface area contributed by atoms with Gasteiger partial charge in [0.2, 0.25) is 0 Å². The number of halogens is 1. The number of ether oxygens (including phenoxy) is 2. The van der Waals surface area contributed by atoms with E-state index in [9.17, 15) is 14.9 Å². The first-order chi connectivity index (χ1) is 14.2. The maximum Gasteiger partial charge on any atom is 0.321 e. The SMILES string of the molecule is CC(=O)O[C@@H]1CC[C@@]2(C)[C@@H](CC[C@@H]3[C@@H]2[C@@H](OC(=O)CCl)C[C@]2(C)[C@@H](C#N)CC[C@@H]32)C1. The first-order valence-electron chi connectivity index (χ1n) is 11.5. The minimum absolute atomic E-state index is 0.00396. The monoisotopic (exact) mass is 435 g/mol. The number of nitrogens with zero attached hydrogens (tertiary/aromatic N) is 1. The molecule has 30 heavy (non-hydrogen) atoms. The Morgan fingerprint density at radius 1 is 1.10 bits per heavy atom. The largest absolute Gasteiger partial charge is 0.463 e. The second-order valence-corrected chi connectivity index (χ2v) is 11.0. The highest BCUT2D eigenvalue weighted by Crippen LogP contribution is 2.67. The first kappa shape index (κ1) is 21.9. The Bertz CT molecular complexity index is 750. The third kappa shape index (κ3) is 3.44. The fraction of sp³-hybridized carbons (Fsp3) is 0.875. The van der Waals surface area contributed by atoms with Gasteiger partial charge in [-0.15, -0.1) is 11.6 Å². The van der Waals surface area contributed by atoms with E-state index >= 15 is 0 Å². The zero-order chi connectivity index (χ0) is 21.7. The lowest BCUT2D eigenvalue weighted by Crippen LogP contribution is -2.60. The maximum atomic E-state index is 12.3. The van der Waals surface area contributed by atoms with Gasteiger partial charge in [0.1, 0.15) is 18.1 Å². The molecule has 0 bridgehead atoms. The van der Waals surface area contributed by atoms with E-state index in [1.807, 2.05) is 0 Å². The van der Waals surface area contributed by atoms with Crippen molar-refractivity contribution in [3.8, 4) is 6.07 Å². The normalized spacial score (nSPS) is 47.2. The molecule has 0 aliphatic heterocycles. The van der Waals surface area contributed by atoms with E-state index in [4.69, 9.17) is 21.1 Å². The van der Waals surface area contributed by atoms with Crippen LogP contribution in [-0.4, -0.2) is 30.0 Å². The van der Waals surface area contributed by atoms with E-state index in [2.05, 4.69) is 19.9 Å². The third-order valence-electron chi connectivity index (χ3n) is 9.40. The van der Waals surface area contributed by atoms with Gasteiger partial charge < -0.3 is 9.47 Å². The summed E-state index contributed by atoms with van der Waals surface area (Å²) in [5.41, 5.74) is -0.0335. The molecular weight excluding hydrogens is 402 g/mol. The first-order valence-corrected chi connectivity index (χ1v) is 12.1. The second-order valence-electron chi connectivity index (χ2n) is 10.7. The Hall–Kier alpha value is -1.28. The zero-order valence-electron chi connectivity index (χ0n) is 18.4. The molecule has 4 rings (SSSR count). The number of rotatable bonds is 3. The molecule has 0 radical (unpaired) electrons. The molecule has 0 aromatic heterocycles. The van der Waals surface area contributed by atoms with Crippen molar-refractivity contribution in [2.75, 3.05) is 5.88 Å². The van der Waals surface area contributed by atoms with Gasteiger partial charge in [-0.3, -0.25) is 9.59 Å². The lowest BCUT2D eigenvalue weighted by molar-refractivity contribution is -0.198. The lowest BCUT2D eigenvalue weighted by atomic mass is 9.44. The fourth-order valence-corrected chi connectivity index (χ4v) is 8.23. The van der Waals surface area contributed by atoms with Crippen molar-refractivity contribution < 1.29 is 19.1 Å². The molecule has 4 fully saturated rings. The van der Waals surface area contributed by atoms with Crippen LogP contribution in [0, 0.1) is 51.8 Å². The molecule has 0 N–H and O–H groups in total. The van der Waals surface area contributed by atoms with Crippen molar-refractivity contribution in [3.05, 3.63) is 0 Å². The highest BCUT2D eigenvalue weighted by Gasteiger charge is 2.64. The number of alkyl halides is 1. The van der Waals surface area contributed by atoms with Gasteiger partial charge in [-0.2, -0.15) is 5.26 Å². The second kappa shape index (κ2) is 8.01. The zero-order valence-corrected chi connectivity index (χ0v) is 19.1. The van der Waals surface area contributed by atoms with Gasteiger partial charge in [0.05, 0.1) is 12.0 Å². The molecule has 0 aromatic carbocycles. The van der Waals surface area contributed by atoms with Crippen LogP contribution in [-0.2, 0) is 19.1 Å². The summed E-state index contributed by atoms with van der Waals surface area (Å²) in [6, 6.07) is 2.56. The number of esters is 2. The molecule has 0 aromatic rings. The molecule has 9 atom stereocenters. The van der Waals surface area contributed by atoms with Crippen LogP contribution < -0.4 is 0 Å². The van der Waals surface area contributed by atoms with E-state index in [0.717, 1.165) is 51.4 Å². The molecule has 4 aliphatic carbocycles. The van der Waals surface area contributed by atoms with Crippen LogP contribution in [0.5, 0.6) is 0 Å². The van der Waals surface area contributed by atoms with Gasteiger partial charge in [0.25, 0.3) is 0 Å². The van der Waals surface area contributed by atoms with E-state index in [1.54, 1.807) is 0 Å². The van der Waals surface area contributed by atoms with Crippen molar-refractivity contribution in [2.24, 2.45) is 40.4 Å². The molecule has 0 amide bonds. The number of nitriles is 1. The highest BCUT2D eigenvalue weighted by molar-refractivity contribution is 6.26. The molecule has 4 saturated carbocycles. The van der Waals surface area contributed by atoms with Gasteiger partial charge in [0, 0.05) is 12.8 Å². The average molecular weight is 436 g/mol. The standard InChI is InChI=1S/C24H34ClNO4/c1-14(27)29-17-8-9-23(2)15(10-17)4-6-18-19-7-5-16(13-26)24(19,3)11-20(22(18)23)30-21(28)12-25/h15-20,22H,4-12H2,1-3H3/t15-,16+,17+,18-,19-,20-,22+,23-,24+/m0/s1. The van der Waals surface area contributed by atoms with Crippen LogP contribution in [0.4, 0.5) is 0 Å². The summed E-state index contributed by atoms with van der Waals surface area (Å²) >= 11 is 5.81. The van der Waals surface area contributed by atoms with Gasteiger partial charge in [0.15, 0.2) is 0 Å².